The molecule has 1 aliphatic rings. The molecule has 0 spiro atoms. The molecule has 9 heteroatoms. The van der Waals surface area contributed by atoms with Crippen molar-refractivity contribution in [1.82, 2.24) is 14.7 Å². The van der Waals surface area contributed by atoms with Crippen molar-refractivity contribution in [2.24, 2.45) is 0 Å². The van der Waals surface area contributed by atoms with E-state index < -0.39 is 30.1 Å². The summed E-state index contributed by atoms with van der Waals surface area (Å²) < 4.78 is 53.6. The fraction of sp³-hybridized carbons (Fsp3) is 0.517. The maximum Gasteiger partial charge on any atom is 0.410 e. The maximum absolute atomic E-state index is 13.8. The van der Waals surface area contributed by atoms with Gasteiger partial charge in [0.15, 0.2) is 0 Å². The van der Waals surface area contributed by atoms with Crippen molar-refractivity contribution in [2.45, 2.75) is 77.6 Å². The summed E-state index contributed by atoms with van der Waals surface area (Å²) in [5.74, 6) is -0.321. The molecule has 1 atom stereocenters. The second-order valence-corrected chi connectivity index (χ2v) is 11.2. The number of nitrogens with zero attached hydrogens (tertiary/aromatic N) is 3. The van der Waals surface area contributed by atoms with Gasteiger partial charge in [-0.3, -0.25) is 4.68 Å². The number of piperidine rings is 1. The van der Waals surface area contributed by atoms with Crippen LogP contribution in [0.15, 0.2) is 42.6 Å². The molecule has 2 aromatic carbocycles. The highest BCUT2D eigenvalue weighted by atomic mass is 19.3. The van der Waals surface area contributed by atoms with Crippen molar-refractivity contribution in [3.63, 3.8) is 0 Å². The van der Waals surface area contributed by atoms with E-state index in [2.05, 4.69) is 5.10 Å². The Kier molecular flexibility index (Phi) is 8.06. The van der Waals surface area contributed by atoms with Crippen LogP contribution in [0.5, 0.6) is 0 Å². The van der Waals surface area contributed by atoms with E-state index in [0.29, 0.717) is 38.1 Å². The highest BCUT2D eigenvalue weighted by molar-refractivity contribution is 5.83. The molecule has 1 fully saturated rings. The Morgan fingerprint density at radius 1 is 1.13 bits per heavy atom. The van der Waals surface area contributed by atoms with Crippen molar-refractivity contribution in [1.29, 1.82) is 0 Å². The van der Waals surface area contributed by atoms with Crippen LogP contribution in [0.1, 0.15) is 63.3 Å². The number of rotatable bonds is 7. The molecule has 6 nitrogen and oxygen atoms in total. The zero-order chi connectivity index (χ0) is 27.7. The molecule has 0 aliphatic carbocycles. The number of halogens is 3. The third-order valence-electron chi connectivity index (χ3n) is 7.09. The molecule has 0 saturated carbocycles. The smallest absolute Gasteiger partial charge is 0.410 e. The predicted octanol–water partition coefficient (Wildman–Crippen LogP) is 6.80. The SMILES string of the molecule is Cc1cc(C(C)OCC2(c3ccc(F)cc3)CCN(C(=O)OC(C)(C)C)CC2)c2c(cnn2CC(F)F)c1. The lowest BCUT2D eigenvalue weighted by Crippen LogP contribution is -2.48. The minimum atomic E-state index is -2.53. The molecular weight excluding hydrogens is 495 g/mol. The van der Waals surface area contributed by atoms with Crippen molar-refractivity contribution in [2.75, 3.05) is 19.7 Å². The predicted molar refractivity (Wildman–Crippen MR) is 140 cm³/mol. The lowest BCUT2D eigenvalue weighted by atomic mass is 9.73. The molecule has 1 aliphatic heterocycles. The molecule has 1 aromatic heterocycles. The molecule has 1 unspecified atom stereocenters. The lowest BCUT2D eigenvalue weighted by Gasteiger charge is -2.42. The summed E-state index contributed by atoms with van der Waals surface area (Å²) >= 11 is 0. The highest BCUT2D eigenvalue weighted by Gasteiger charge is 2.39. The number of aryl methyl sites for hydroxylation is 1. The number of ether oxygens (including phenoxy) is 2. The van der Waals surface area contributed by atoms with Gasteiger partial charge in [-0.2, -0.15) is 5.10 Å². The summed E-state index contributed by atoms with van der Waals surface area (Å²) in [7, 11) is 0. The van der Waals surface area contributed by atoms with Crippen molar-refractivity contribution in [3.8, 4) is 0 Å². The molecule has 0 N–H and O–H groups in total. The Hall–Kier alpha value is -3.07. The van der Waals surface area contributed by atoms with Crippen molar-refractivity contribution >= 4 is 17.0 Å². The first kappa shape index (κ1) is 28.0. The van der Waals surface area contributed by atoms with Crippen molar-refractivity contribution < 1.29 is 27.4 Å². The van der Waals surface area contributed by atoms with E-state index in [1.807, 2.05) is 46.8 Å². The van der Waals surface area contributed by atoms with E-state index in [-0.39, 0.29) is 11.9 Å². The Bertz CT molecular complexity index is 1260. The van der Waals surface area contributed by atoms with Gasteiger partial charge in [0.05, 0.1) is 24.4 Å². The van der Waals surface area contributed by atoms with Gasteiger partial charge < -0.3 is 14.4 Å². The van der Waals surface area contributed by atoms with Gasteiger partial charge in [-0.05, 0) is 76.8 Å². The standard InChI is InChI=1S/C29H36F3N3O3/c1-19-14-21-16-33-35(17-25(31)32)26(21)24(15-19)20(2)37-18-29(22-6-8-23(30)9-7-22)10-12-34(13-11-29)27(36)38-28(3,4)5/h6-9,14-16,20,25H,10-13,17-18H2,1-5H3. The van der Waals surface area contributed by atoms with Crippen LogP contribution in [0.3, 0.4) is 0 Å². The van der Waals surface area contributed by atoms with Crippen LogP contribution in [-0.2, 0) is 21.4 Å². The van der Waals surface area contributed by atoms with Crippen LogP contribution in [0.4, 0.5) is 18.0 Å². The molecule has 3 aromatic rings. The van der Waals surface area contributed by atoms with Gasteiger partial charge in [-0.1, -0.05) is 18.2 Å². The van der Waals surface area contributed by atoms with E-state index in [0.717, 1.165) is 22.1 Å². The van der Waals surface area contributed by atoms with Crippen LogP contribution >= 0.6 is 0 Å². The first-order chi connectivity index (χ1) is 17.9. The van der Waals surface area contributed by atoms with Crippen LogP contribution in [0, 0.1) is 12.7 Å². The maximum atomic E-state index is 13.8. The molecule has 1 saturated heterocycles. The van der Waals surface area contributed by atoms with Gasteiger partial charge in [-0.15, -0.1) is 0 Å². The van der Waals surface area contributed by atoms with Crippen LogP contribution in [0.2, 0.25) is 0 Å². The van der Waals surface area contributed by atoms with Gasteiger partial charge in [-0.25, -0.2) is 18.0 Å². The molecule has 0 radical (unpaired) electrons. The lowest BCUT2D eigenvalue weighted by molar-refractivity contribution is -0.00939. The molecule has 206 valence electrons. The number of amides is 1. The number of hydrogen-bond acceptors (Lipinski definition) is 4. The minimum absolute atomic E-state index is 0.320. The first-order valence-electron chi connectivity index (χ1n) is 13.0. The topological polar surface area (TPSA) is 56.6 Å². The van der Waals surface area contributed by atoms with E-state index in [9.17, 15) is 18.0 Å². The molecule has 1 amide bonds. The van der Waals surface area contributed by atoms with E-state index in [1.165, 1.54) is 16.8 Å². The Labute approximate surface area is 221 Å². The number of alkyl halides is 2. The largest absolute Gasteiger partial charge is 0.444 e. The Morgan fingerprint density at radius 3 is 2.39 bits per heavy atom. The van der Waals surface area contributed by atoms with Crippen LogP contribution in [-0.4, -0.2) is 52.5 Å². The average Bonchev–Trinajstić information content (AvgIpc) is 3.23. The molecule has 0 bridgehead atoms. The quantitative estimate of drug-likeness (QED) is 0.337. The fourth-order valence-corrected chi connectivity index (χ4v) is 5.14. The average molecular weight is 532 g/mol. The number of benzene rings is 2. The number of aromatic nitrogens is 2. The summed E-state index contributed by atoms with van der Waals surface area (Å²) in [5.41, 5.74) is 2.31. The number of fused-ring (bicyclic) bond motifs is 1. The third-order valence-corrected chi connectivity index (χ3v) is 7.09. The second kappa shape index (κ2) is 11.0. The number of carbonyl (C=O) groups excluding carboxylic acids is 1. The number of carbonyl (C=O) groups is 1. The Balaban J connectivity index is 1.58. The van der Waals surface area contributed by atoms with Gasteiger partial charge in [0.25, 0.3) is 6.43 Å². The van der Waals surface area contributed by atoms with Gasteiger partial charge >= 0.3 is 6.09 Å². The normalized spacial score (nSPS) is 16.7. The van der Waals surface area contributed by atoms with Crippen LogP contribution < -0.4 is 0 Å². The van der Waals surface area contributed by atoms with Gasteiger partial charge in [0, 0.05) is 29.5 Å². The van der Waals surface area contributed by atoms with E-state index in [1.54, 1.807) is 23.2 Å². The summed E-state index contributed by atoms with van der Waals surface area (Å²) in [6.07, 6.45) is -0.470. The second-order valence-electron chi connectivity index (χ2n) is 11.2. The summed E-state index contributed by atoms with van der Waals surface area (Å²) in [6, 6.07) is 10.3. The third kappa shape index (κ3) is 6.31. The summed E-state index contributed by atoms with van der Waals surface area (Å²) in [6.45, 7) is 10.1. The summed E-state index contributed by atoms with van der Waals surface area (Å²) in [5, 5.41) is 4.97. The van der Waals surface area contributed by atoms with Gasteiger partial charge in [0.2, 0.25) is 0 Å². The molecule has 38 heavy (non-hydrogen) atoms. The highest BCUT2D eigenvalue weighted by Crippen LogP contribution is 2.38. The fourth-order valence-electron chi connectivity index (χ4n) is 5.14. The minimum Gasteiger partial charge on any atom is -0.444 e. The first-order valence-corrected chi connectivity index (χ1v) is 13.0. The number of likely N-dealkylation sites (tertiary alicyclic amines) is 1. The van der Waals surface area contributed by atoms with Crippen molar-refractivity contribution in [3.05, 3.63) is 65.1 Å². The monoisotopic (exact) mass is 531 g/mol. The molecular formula is C29H36F3N3O3. The zero-order valence-electron chi connectivity index (χ0n) is 22.6. The Morgan fingerprint density at radius 2 is 1.79 bits per heavy atom. The van der Waals surface area contributed by atoms with Crippen LogP contribution in [0.25, 0.3) is 10.9 Å². The van der Waals surface area contributed by atoms with E-state index >= 15 is 0 Å². The molecule has 4 rings (SSSR count). The number of hydrogen-bond donors (Lipinski definition) is 0. The van der Waals surface area contributed by atoms with E-state index in [4.69, 9.17) is 9.47 Å². The molecule has 2 heterocycles. The summed E-state index contributed by atoms with van der Waals surface area (Å²) in [4.78, 5) is 14.4. The zero-order valence-corrected chi connectivity index (χ0v) is 22.6. The van der Waals surface area contributed by atoms with Gasteiger partial charge in [0.1, 0.15) is 18.0 Å².